The van der Waals surface area contributed by atoms with Gasteiger partial charge in [-0.2, -0.15) is 0 Å². The lowest BCUT2D eigenvalue weighted by Gasteiger charge is -2.25. The van der Waals surface area contributed by atoms with Gasteiger partial charge in [0, 0.05) is 18.4 Å². The zero-order valence-corrected chi connectivity index (χ0v) is 10.5. The van der Waals surface area contributed by atoms with Crippen molar-refractivity contribution in [3.63, 3.8) is 0 Å². The molecule has 0 radical (unpaired) electrons. The molecule has 1 aromatic carbocycles. The van der Waals surface area contributed by atoms with E-state index in [4.69, 9.17) is 0 Å². The third-order valence-electron chi connectivity index (χ3n) is 3.32. The van der Waals surface area contributed by atoms with Crippen LogP contribution in [0, 0.1) is 5.92 Å². The van der Waals surface area contributed by atoms with Crippen molar-refractivity contribution >= 4 is 17.3 Å². The lowest BCUT2D eigenvalue weighted by Crippen LogP contribution is -2.33. The molecule has 1 amide bonds. The van der Waals surface area contributed by atoms with Gasteiger partial charge in [-0.3, -0.25) is 9.78 Å². The lowest BCUT2D eigenvalue weighted by molar-refractivity contribution is -0.119. The number of fused-ring (bicyclic) bond motifs is 1. The fraction of sp³-hybridized carbons (Fsp3) is 0.200. The van der Waals surface area contributed by atoms with Crippen LogP contribution >= 0.6 is 0 Å². The van der Waals surface area contributed by atoms with Gasteiger partial charge in [0.25, 0.3) is 0 Å². The summed E-state index contributed by atoms with van der Waals surface area (Å²) >= 11 is 0. The van der Waals surface area contributed by atoms with Crippen LogP contribution in [-0.2, 0) is 11.2 Å². The highest BCUT2D eigenvalue weighted by atomic mass is 16.1. The van der Waals surface area contributed by atoms with Gasteiger partial charge in [-0.15, -0.1) is 0 Å². The highest BCUT2D eigenvalue weighted by molar-refractivity contribution is 5.93. The predicted octanol–water partition coefficient (Wildman–Crippen LogP) is 2.30. The summed E-state index contributed by atoms with van der Waals surface area (Å²) in [6.45, 7) is 0.670. The molecule has 4 heteroatoms. The van der Waals surface area contributed by atoms with Gasteiger partial charge in [-0.05, 0) is 30.2 Å². The molecule has 0 bridgehead atoms. The van der Waals surface area contributed by atoms with E-state index >= 15 is 0 Å². The van der Waals surface area contributed by atoms with Gasteiger partial charge in [-0.25, -0.2) is 0 Å². The maximum absolute atomic E-state index is 12.2. The van der Waals surface area contributed by atoms with Crippen molar-refractivity contribution < 1.29 is 4.79 Å². The number of hydrogen-bond donors (Lipinski definition) is 2. The number of amides is 1. The summed E-state index contributed by atoms with van der Waals surface area (Å²) < 4.78 is 0. The number of hydrogen-bond acceptors (Lipinski definition) is 3. The first-order valence-corrected chi connectivity index (χ1v) is 6.35. The minimum atomic E-state index is -0.0462. The third kappa shape index (κ3) is 2.57. The Morgan fingerprint density at radius 3 is 3.00 bits per heavy atom. The van der Waals surface area contributed by atoms with E-state index in [0.717, 1.165) is 17.8 Å². The fourth-order valence-electron chi connectivity index (χ4n) is 2.31. The van der Waals surface area contributed by atoms with E-state index in [1.165, 1.54) is 5.56 Å². The van der Waals surface area contributed by atoms with E-state index in [9.17, 15) is 4.79 Å². The quantitative estimate of drug-likeness (QED) is 0.863. The average molecular weight is 253 g/mol. The van der Waals surface area contributed by atoms with Crippen molar-refractivity contribution in [2.75, 3.05) is 17.2 Å². The topological polar surface area (TPSA) is 54.0 Å². The summed E-state index contributed by atoms with van der Waals surface area (Å²) in [7, 11) is 0. The van der Waals surface area contributed by atoms with Crippen molar-refractivity contribution in [3.05, 3.63) is 54.4 Å². The highest BCUT2D eigenvalue weighted by Crippen LogP contribution is 2.24. The summed E-state index contributed by atoms with van der Waals surface area (Å²) in [5, 5.41) is 6.20. The van der Waals surface area contributed by atoms with Crippen LogP contribution < -0.4 is 10.6 Å². The zero-order valence-electron chi connectivity index (χ0n) is 10.5. The molecule has 1 aromatic heterocycles. The second-order valence-electron chi connectivity index (χ2n) is 4.67. The third-order valence-corrected chi connectivity index (χ3v) is 3.32. The highest BCUT2D eigenvalue weighted by Gasteiger charge is 2.24. The first-order valence-electron chi connectivity index (χ1n) is 6.35. The molecule has 2 heterocycles. The maximum Gasteiger partial charge on any atom is 0.229 e. The molecule has 2 N–H and O–H groups in total. The standard InChI is InChI=1S/C15H15N3O/c19-15(18-13-5-3-7-16-10-13)12-8-11-4-1-2-6-14(11)17-9-12/h1-7,10,12,17H,8-9H2,(H,18,19). The van der Waals surface area contributed by atoms with Crippen LogP contribution in [0.5, 0.6) is 0 Å². The van der Waals surface area contributed by atoms with E-state index in [2.05, 4.69) is 21.7 Å². The fourth-order valence-corrected chi connectivity index (χ4v) is 2.31. The van der Waals surface area contributed by atoms with Crippen LogP contribution in [0.25, 0.3) is 0 Å². The minimum absolute atomic E-state index is 0.0370. The number of carbonyl (C=O) groups excluding carboxylic acids is 1. The Morgan fingerprint density at radius 1 is 1.26 bits per heavy atom. The molecular formula is C15H15N3O. The molecule has 1 atom stereocenters. The number of rotatable bonds is 2. The van der Waals surface area contributed by atoms with Gasteiger partial charge < -0.3 is 10.6 Å². The van der Waals surface area contributed by atoms with Crippen LogP contribution in [-0.4, -0.2) is 17.4 Å². The molecule has 0 saturated heterocycles. The molecule has 96 valence electrons. The molecule has 2 aromatic rings. The molecule has 1 unspecified atom stereocenters. The van der Waals surface area contributed by atoms with Crippen LogP contribution in [0.4, 0.5) is 11.4 Å². The van der Waals surface area contributed by atoms with Gasteiger partial charge in [0.1, 0.15) is 0 Å². The largest absolute Gasteiger partial charge is 0.384 e. The van der Waals surface area contributed by atoms with Crippen molar-refractivity contribution in [2.45, 2.75) is 6.42 Å². The van der Waals surface area contributed by atoms with Crippen LogP contribution in [0.1, 0.15) is 5.56 Å². The Labute approximate surface area is 111 Å². The van der Waals surface area contributed by atoms with Crippen molar-refractivity contribution in [1.82, 2.24) is 4.98 Å². The minimum Gasteiger partial charge on any atom is -0.384 e. The number of pyridine rings is 1. The smallest absolute Gasteiger partial charge is 0.229 e. The van der Waals surface area contributed by atoms with Crippen molar-refractivity contribution in [2.24, 2.45) is 5.92 Å². The number of carbonyl (C=O) groups is 1. The Kier molecular flexibility index (Phi) is 3.14. The SMILES string of the molecule is O=C(Nc1cccnc1)C1CNc2ccccc2C1. The Morgan fingerprint density at radius 2 is 2.16 bits per heavy atom. The number of aromatic nitrogens is 1. The van der Waals surface area contributed by atoms with Crippen molar-refractivity contribution in [3.8, 4) is 0 Å². The summed E-state index contributed by atoms with van der Waals surface area (Å²) in [4.78, 5) is 16.2. The maximum atomic E-state index is 12.2. The first-order chi connectivity index (χ1) is 9.33. The van der Waals surface area contributed by atoms with E-state index in [1.807, 2.05) is 30.3 Å². The Balaban J connectivity index is 1.70. The van der Waals surface area contributed by atoms with E-state index < -0.39 is 0 Å². The molecule has 19 heavy (non-hydrogen) atoms. The summed E-state index contributed by atoms with van der Waals surface area (Å²) in [6, 6.07) is 11.8. The summed E-state index contributed by atoms with van der Waals surface area (Å²) in [5.74, 6) is -0.00916. The summed E-state index contributed by atoms with van der Waals surface area (Å²) in [5.41, 5.74) is 3.07. The molecule has 4 nitrogen and oxygen atoms in total. The van der Waals surface area contributed by atoms with Crippen molar-refractivity contribution in [1.29, 1.82) is 0 Å². The van der Waals surface area contributed by atoms with Gasteiger partial charge in [0.05, 0.1) is 17.8 Å². The van der Waals surface area contributed by atoms with Gasteiger partial charge in [0.2, 0.25) is 5.91 Å². The molecule has 1 aliphatic heterocycles. The molecule has 0 spiro atoms. The van der Waals surface area contributed by atoms with E-state index in [1.54, 1.807) is 12.4 Å². The molecular weight excluding hydrogens is 238 g/mol. The average Bonchev–Trinajstić information content (AvgIpc) is 2.48. The van der Waals surface area contributed by atoms with E-state index in [0.29, 0.717) is 6.54 Å². The monoisotopic (exact) mass is 253 g/mol. The molecule has 0 aliphatic carbocycles. The molecule has 3 rings (SSSR count). The normalized spacial score (nSPS) is 17.2. The number of anilines is 2. The van der Waals surface area contributed by atoms with Crippen LogP contribution in [0.15, 0.2) is 48.8 Å². The zero-order chi connectivity index (χ0) is 13.1. The Hall–Kier alpha value is -2.36. The second-order valence-corrected chi connectivity index (χ2v) is 4.67. The van der Waals surface area contributed by atoms with Crippen LogP contribution in [0.3, 0.4) is 0 Å². The first kappa shape index (κ1) is 11.7. The number of nitrogens with one attached hydrogen (secondary N) is 2. The van der Waals surface area contributed by atoms with Gasteiger partial charge >= 0.3 is 0 Å². The summed E-state index contributed by atoms with van der Waals surface area (Å²) in [6.07, 6.45) is 4.12. The Bertz CT molecular complexity index is 583. The van der Waals surface area contributed by atoms with Crippen LogP contribution in [0.2, 0.25) is 0 Å². The lowest BCUT2D eigenvalue weighted by atomic mass is 9.93. The molecule has 0 fully saturated rings. The number of nitrogens with zero attached hydrogens (tertiary/aromatic N) is 1. The second kappa shape index (κ2) is 5.10. The van der Waals surface area contributed by atoms with E-state index in [-0.39, 0.29) is 11.8 Å². The number of para-hydroxylation sites is 1. The predicted molar refractivity (Wildman–Crippen MR) is 75.0 cm³/mol. The molecule has 0 saturated carbocycles. The van der Waals surface area contributed by atoms with Gasteiger partial charge in [-0.1, -0.05) is 18.2 Å². The molecule has 1 aliphatic rings. The van der Waals surface area contributed by atoms with Gasteiger partial charge in [0.15, 0.2) is 0 Å². The number of benzene rings is 1.